The van der Waals surface area contributed by atoms with Crippen molar-refractivity contribution in [1.82, 2.24) is 0 Å². The molecule has 1 heterocycles. The Balaban J connectivity index is 2.26. The Morgan fingerprint density at radius 2 is 2.33 bits per heavy atom. The first kappa shape index (κ1) is 9.90. The van der Waals surface area contributed by atoms with Gasteiger partial charge in [-0.25, -0.2) is 0 Å². The van der Waals surface area contributed by atoms with Crippen molar-refractivity contribution < 1.29 is 9.59 Å². The maximum absolute atomic E-state index is 11.1. The van der Waals surface area contributed by atoms with Gasteiger partial charge in [0, 0.05) is 12.1 Å². The third-order valence-electron chi connectivity index (χ3n) is 2.78. The first-order valence-corrected chi connectivity index (χ1v) is 5.07. The lowest BCUT2D eigenvalue weighted by Gasteiger charge is -2.09. The largest absolute Gasteiger partial charge is 0.326 e. The van der Waals surface area contributed by atoms with Crippen LogP contribution in [0.3, 0.4) is 0 Å². The number of aldehydes is 1. The van der Waals surface area contributed by atoms with E-state index in [1.165, 1.54) is 0 Å². The molecule has 1 N–H and O–H groups in total. The Morgan fingerprint density at radius 1 is 1.53 bits per heavy atom. The first-order valence-electron chi connectivity index (χ1n) is 5.07. The summed E-state index contributed by atoms with van der Waals surface area (Å²) in [6.07, 6.45) is 1.92. The van der Waals surface area contributed by atoms with Crippen LogP contribution < -0.4 is 5.32 Å². The standard InChI is InChI=1S/C12H13NO2/c1-8(4-5-14)9-2-3-10-7-12(15)13-11(10)6-9/h2-3,5-6,8H,4,7H2,1H3,(H,13,15). The molecule has 0 fully saturated rings. The van der Waals surface area contributed by atoms with Gasteiger partial charge in [-0.05, 0) is 23.1 Å². The smallest absolute Gasteiger partial charge is 0.228 e. The van der Waals surface area contributed by atoms with E-state index in [2.05, 4.69) is 5.32 Å². The van der Waals surface area contributed by atoms with Crippen LogP contribution in [-0.2, 0) is 16.0 Å². The fourth-order valence-electron chi connectivity index (χ4n) is 1.82. The van der Waals surface area contributed by atoms with Gasteiger partial charge in [-0.2, -0.15) is 0 Å². The van der Waals surface area contributed by atoms with Crippen LogP contribution >= 0.6 is 0 Å². The molecule has 15 heavy (non-hydrogen) atoms. The number of rotatable bonds is 3. The molecule has 1 unspecified atom stereocenters. The number of nitrogens with one attached hydrogen (secondary N) is 1. The van der Waals surface area contributed by atoms with Crippen LogP contribution in [0.2, 0.25) is 0 Å². The van der Waals surface area contributed by atoms with Gasteiger partial charge in [0.15, 0.2) is 0 Å². The summed E-state index contributed by atoms with van der Waals surface area (Å²) in [5.74, 6) is 0.260. The normalized spacial score (nSPS) is 15.7. The highest BCUT2D eigenvalue weighted by Crippen LogP contribution is 2.28. The van der Waals surface area contributed by atoms with Crippen LogP contribution in [0.4, 0.5) is 5.69 Å². The van der Waals surface area contributed by atoms with Gasteiger partial charge in [-0.1, -0.05) is 19.1 Å². The second-order valence-corrected chi connectivity index (χ2v) is 3.94. The fraction of sp³-hybridized carbons (Fsp3) is 0.333. The van der Waals surface area contributed by atoms with Gasteiger partial charge in [-0.15, -0.1) is 0 Å². The maximum atomic E-state index is 11.1. The molecule has 78 valence electrons. The fourth-order valence-corrected chi connectivity index (χ4v) is 1.82. The Labute approximate surface area is 88.5 Å². The molecule has 0 saturated carbocycles. The highest BCUT2D eigenvalue weighted by atomic mass is 16.1. The number of hydrogen-bond acceptors (Lipinski definition) is 2. The van der Waals surface area contributed by atoms with Gasteiger partial charge in [0.05, 0.1) is 6.42 Å². The highest BCUT2D eigenvalue weighted by Gasteiger charge is 2.18. The Bertz CT molecular complexity index is 412. The van der Waals surface area contributed by atoms with Crippen LogP contribution in [0, 0.1) is 0 Å². The van der Waals surface area contributed by atoms with Crippen molar-refractivity contribution in [3.8, 4) is 0 Å². The molecule has 1 aromatic rings. The summed E-state index contributed by atoms with van der Waals surface area (Å²) < 4.78 is 0. The SMILES string of the molecule is CC(CC=O)c1ccc2c(c1)NC(=O)C2. The zero-order valence-electron chi connectivity index (χ0n) is 8.62. The monoisotopic (exact) mass is 203 g/mol. The van der Waals surface area contributed by atoms with Crippen molar-refractivity contribution in [2.75, 3.05) is 5.32 Å². The summed E-state index contributed by atoms with van der Waals surface area (Å²) >= 11 is 0. The lowest BCUT2D eigenvalue weighted by atomic mass is 9.96. The molecule has 1 atom stereocenters. The lowest BCUT2D eigenvalue weighted by Crippen LogP contribution is -2.03. The molecule has 1 aromatic carbocycles. The van der Waals surface area contributed by atoms with Crippen molar-refractivity contribution in [2.24, 2.45) is 0 Å². The van der Waals surface area contributed by atoms with E-state index < -0.39 is 0 Å². The molecule has 1 aliphatic rings. The molecule has 3 heteroatoms. The van der Waals surface area contributed by atoms with E-state index in [9.17, 15) is 9.59 Å². The van der Waals surface area contributed by atoms with Crippen molar-refractivity contribution in [2.45, 2.75) is 25.7 Å². The van der Waals surface area contributed by atoms with Crippen molar-refractivity contribution in [3.63, 3.8) is 0 Å². The van der Waals surface area contributed by atoms with E-state index in [-0.39, 0.29) is 11.8 Å². The van der Waals surface area contributed by atoms with E-state index in [4.69, 9.17) is 0 Å². The predicted octanol–water partition coefficient (Wildman–Crippen LogP) is 1.87. The summed E-state index contributed by atoms with van der Waals surface area (Å²) in [7, 11) is 0. The minimum atomic E-state index is 0.0465. The highest BCUT2D eigenvalue weighted by molar-refractivity contribution is 5.99. The van der Waals surface area contributed by atoms with Gasteiger partial charge in [-0.3, -0.25) is 4.79 Å². The third-order valence-corrected chi connectivity index (χ3v) is 2.78. The molecule has 0 bridgehead atoms. The zero-order chi connectivity index (χ0) is 10.8. The molecule has 0 spiro atoms. The number of anilines is 1. The first-order chi connectivity index (χ1) is 7.20. The number of carbonyl (C=O) groups is 2. The van der Waals surface area contributed by atoms with Gasteiger partial charge >= 0.3 is 0 Å². The lowest BCUT2D eigenvalue weighted by molar-refractivity contribution is -0.115. The molecule has 1 aliphatic heterocycles. The topological polar surface area (TPSA) is 46.2 Å². The summed E-state index contributed by atoms with van der Waals surface area (Å²) in [5, 5.41) is 2.81. The van der Waals surface area contributed by atoms with Crippen molar-refractivity contribution in [1.29, 1.82) is 0 Å². The van der Waals surface area contributed by atoms with E-state index in [1.54, 1.807) is 0 Å². The molecule has 0 radical (unpaired) electrons. The van der Waals surface area contributed by atoms with Crippen molar-refractivity contribution in [3.05, 3.63) is 29.3 Å². The van der Waals surface area contributed by atoms with Gasteiger partial charge in [0.1, 0.15) is 6.29 Å². The average molecular weight is 203 g/mol. The summed E-state index contributed by atoms with van der Waals surface area (Å²) in [4.78, 5) is 21.5. The predicted molar refractivity (Wildman–Crippen MR) is 57.9 cm³/mol. The average Bonchev–Trinajstić information content (AvgIpc) is 2.57. The van der Waals surface area contributed by atoms with Gasteiger partial charge in [0.25, 0.3) is 0 Å². The number of carbonyl (C=O) groups excluding carboxylic acids is 2. The molecule has 2 rings (SSSR count). The minimum absolute atomic E-state index is 0.0465. The van der Waals surface area contributed by atoms with Crippen LogP contribution in [0.15, 0.2) is 18.2 Å². The van der Waals surface area contributed by atoms with E-state index in [1.807, 2.05) is 25.1 Å². The Hall–Kier alpha value is -1.64. The second-order valence-electron chi connectivity index (χ2n) is 3.94. The molecular formula is C12H13NO2. The summed E-state index contributed by atoms with van der Waals surface area (Å²) in [6, 6.07) is 5.92. The molecule has 0 saturated heterocycles. The molecular weight excluding hydrogens is 190 g/mol. The number of hydrogen-bond donors (Lipinski definition) is 1. The van der Waals surface area contributed by atoms with Crippen LogP contribution in [0.5, 0.6) is 0 Å². The van der Waals surface area contributed by atoms with Gasteiger partial charge < -0.3 is 10.1 Å². The number of amides is 1. The summed E-state index contributed by atoms with van der Waals surface area (Å²) in [5.41, 5.74) is 3.04. The quantitative estimate of drug-likeness (QED) is 0.762. The maximum Gasteiger partial charge on any atom is 0.228 e. The van der Waals surface area contributed by atoms with Crippen LogP contribution in [0.1, 0.15) is 30.4 Å². The molecule has 0 aromatic heterocycles. The second kappa shape index (κ2) is 3.85. The Morgan fingerprint density at radius 3 is 3.07 bits per heavy atom. The molecule has 0 aliphatic carbocycles. The molecule has 1 amide bonds. The number of fused-ring (bicyclic) bond motifs is 1. The van der Waals surface area contributed by atoms with Gasteiger partial charge in [0.2, 0.25) is 5.91 Å². The van der Waals surface area contributed by atoms with Crippen molar-refractivity contribution >= 4 is 17.9 Å². The van der Waals surface area contributed by atoms with E-state index in [0.29, 0.717) is 12.8 Å². The van der Waals surface area contributed by atoms with E-state index in [0.717, 1.165) is 23.1 Å². The minimum Gasteiger partial charge on any atom is -0.326 e. The third kappa shape index (κ3) is 1.91. The molecule has 3 nitrogen and oxygen atoms in total. The zero-order valence-corrected chi connectivity index (χ0v) is 8.62. The number of benzene rings is 1. The van der Waals surface area contributed by atoms with Crippen LogP contribution in [-0.4, -0.2) is 12.2 Å². The summed E-state index contributed by atoms with van der Waals surface area (Å²) in [6.45, 7) is 2.01. The van der Waals surface area contributed by atoms with E-state index >= 15 is 0 Å². The van der Waals surface area contributed by atoms with Crippen LogP contribution in [0.25, 0.3) is 0 Å². The Kier molecular flexibility index (Phi) is 2.54.